The van der Waals surface area contributed by atoms with Crippen LogP contribution in [0, 0.1) is 0 Å². The molecule has 2 aromatic carbocycles. The molecule has 0 fully saturated rings. The van der Waals surface area contributed by atoms with Gasteiger partial charge in [-0.3, -0.25) is 4.79 Å². The van der Waals surface area contributed by atoms with E-state index in [1.165, 1.54) is 28.0 Å². The van der Waals surface area contributed by atoms with Crippen molar-refractivity contribution < 1.29 is 0 Å². The van der Waals surface area contributed by atoms with Gasteiger partial charge in [-0.15, -0.1) is 11.3 Å². The molecule has 0 aliphatic heterocycles. The SMILES string of the molecule is CN(C)CCc1ccc(-c2ccc3[nH]c(=O)c4sccc4c3c2)cc1. The Hall–Kier alpha value is -2.43. The summed E-state index contributed by atoms with van der Waals surface area (Å²) < 4.78 is 0.795. The van der Waals surface area contributed by atoms with E-state index >= 15 is 0 Å². The molecular formula is C21H20N2OS. The molecule has 0 saturated carbocycles. The van der Waals surface area contributed by atoms with Crippen LogP contribution in [-0.4, -0.2) is 30.5 Å². The van der Waals surface area contributed by atoms with Crippen LogP contribution < -0.4 is 5.56 Å². The Morgan fingerprint density at radius 3 is 2.48 bits per heavy atom. The smallest absolute Gasteiger partial charge is 0.266 e. The highest BCUT2D eigenvalue weighted by molar-refractivity contribution is 7.17. The minimum absolute atomic E-state index is 0.00417. The topological polar surface area (TPSA) is 36.1 Å². The van der Waals surface area contributed by atoms with Gasteiger partial charge in [0.2, 0.25) is 0 Å². The quantitative estimate of drug-likeness (QED) is 0.589. The van der Waals surface area contributed by atoms with Gasteiger partial charge in [-0.25, -0.2) is 0 Å². The summed E-state index contributed by atoms with van der Waals surface area (Å²) in [6.07, 6.45) is 1.06. The van der Waals surface area contributed by atoms with Crippen LogP contribution in [-0.2, 0) is 6.42 Å². The van der Waals surface area contributed by atoms with Gasteiger partial charge in [0.25, 0.3) is 5.56 Å². The van der Waals surface area contributed by atoms with E-state index in [4.69, 9.17) is 0 Å². The van der Waals surface area contributed by atoms with E-state index in [1.807, 2.05) is 17.5 Å². The molecule has 0 radical (unpaired) electrons. The summed E-state index contributed by atoms with van der Waals surface area (Å²) in [5.74, 6) is 0. The third-order valence-corrected chi connectivity index (χ3v) is 5.48. The first kappa shape index (κ1) is 16.1. The second-order valence-corrected chi connectivity index (χ2v) is 7.54. The number of pyridine rings is 1. The number of likely N-dealkylation sites (N-methyl/N-ethyl adjacent to an activating group) is 1. The number of nitrogens with one attached hydrogen (secondary N) is 1. The fraction of sp³-hybridized carbons (Fsp3) is 0.190. The Morgan fingerprint density at radius 1 is 0.960 bits per heavy atom. The standard InChI is InChI=1S/C21H20N2OS/c1-23(2)11-9-14-3-5-15(6-4-14)16-7-8-19-18(13-16)17-10-12-25-20(17)21(24)22-19/h3-8,10,12-13H,9,11H2,1-2H3,(H,22,24). The molecular weight excluding hydrogens is 328 g/mol. The van der Waals surface area contributed by atoms with Gasteiger partial charge >= 0.3 is 0 Å². The van der Waals surface area contributed by atoms with E-state index in [9.17, 15) is 4.79 Å². The molecule has 0 amide bonds. The molecule has 4 rings (SSSR count). The lowest BCUT2D eigenvalue weighted by atomic mass is 10.00. The summed E-state index contributed by atoms with van der Waals surface area (Å²) in [7, 11) is 4.19. The predicted octanol–water partition coefficient (Wildman–Crippen LogP) is 4.51. The van der Waals surface area contributed by atoms with Crippen molar-refractivity contribution in [3.63, 3.8) is 0 Å². The van der Waals surface area contributed by atoms with E-state index in [0.717, 1.165) is 34.0 Å². The Bertz CT molecular complexity index is 1090. The van der Waals surface area contributed by atoms with Crippen LogP contribution in [0.25, 0.3) is 32.1 Å². The number of thiophene rings is 1. The highest BCUT2D eigenvalue weighted by Gasteiger charge is 2.08. The number of rotatable bonds is 4. The normalized spacial score (nSPS) is 11.6. The minimum atomic E-state index is -0.00417. The molecule has 3 nitrogen and oxygen atoms in total. The molecule has 0 atom stereocenters. The molecule has 0 aliphatic carbocycles. The van der Waals surface area contributed by atoms with E-state index < -0.39 is 0 Å². The van der Waals surface area contributed by atoms with E-state index in [-0.39, 0.29) is 5.56 Å². The molecule has 0 bridgehead atoms. The fourth-order valence-electron chi connectivity index (χ4n) is 3.15. The molecule has 2 heterocycles. The van der Waals surface area contributed by atoms with Gasteiger partial charge in [-0.2, -0.15) is 0 Å². The van der Waals surface area contributed by atoms with Crippen LogP contribution in [0.2, 0.25) is 0 Å². The van der Waals surface area contributed by atoms with Gasteiger partial charge in [0.1, 0.15) is 4.70 Å². The van der Waals surface area contributed by atoms with Crippen molar-refractivity contribution in [2.75, 3.05) is 20.6 Å². The highest BCUT2D eigenvalue weighted by atomic mass is 32.1. The monoisotopic (exact) mass is 348 g/mol. The molecule has 2 aromatic heterocycles. The first-order valence-corrected chi connectivity index (χ1v) is 9.27. The molecule has 0 saturated heterocycles. The van der Waals surface area contributed by atoms with Crippen molar-refractivity contribution >= 4 is 32.3 Å². The zero-order valence-corrected chi connectivity index (χ0v) is 15.2. The van der Waals surface area contributed by atoms with Gasteiger partial charge in [0.05, 0.1) is 0 Å². The Balaban J connectivity index is 1.74. The second kappa shape index (κ2) is 6.47. The van der Waals surface area contributed by atoms with Gasteiger partial charge in [-0.1, -0.05) is 30.3 Å². The molecule has 0 aliphatic rings. The van der Waals surface area contributed by atoms with Crippen molar-refractivity contribution in [1.29, 1.82) is 0 Å². The van der Waals surface area contributed by atoms with Gasteiger partial charge in [0, 0.05) is 22.8 Å². The minimum Gasteiger partial charge on any atom is -0.321 e. The molecule has 4 aromatic rings. The third-order valence-electron chi connectivity index (χ3n) is 4.56. The third kappa shape index (κ3) is 3.11. The Labute approximate surface area is 150 Å². The zero-order chi connectivity index (χ0) is 17.4. The number of fused-ring (bicyclic) bond motifs is 3. The lowest BCUT2D eigenvalue weighted by Crippen LogP contribution is -2.14. The summed E-state index contributed by atoms with van der Waals surface area (Å²) in [6, 6.07) is 17.1. The summed E-state index contributed by atoms with van der Waals surface area (Å²) in [5, 5.41) is 4.11. The average molecular weight is 348 g/mol. The first-order chi connectivity index (χ1) is 12.1. The van der Waals surface area contributed by atoms with Gasteiger partial charge in [-0.05, 0) is 60.8 Å². The van der Waals surface area contributed by atoms with E-state index in [1.54, 1.807) is 0 Å². The summed E-state index contributed by atoms with van der Waals surface area (Å²) in [4.78, 5) is 17.3. The van der Waals surface area contributed by atoms with Crippen molar-refractivity contribution in [2.45, 2.75) is 6.42 Å². The number of hydrogen-bond acceptors (Lipinski definition) is 3. The van der Waals surface area contributed by atoms with Crippen molar-refractivity contribution in [2.24, 2.45) is 0 Å². The summed E-state index contributed by atoms with van der Waals surface area (Å²) in [6.45, 7) is 1.05. The van der Waals surface area contributed by atoms with Crippen LogP contribution in [0.3, 0.4) is 0 Å². The Morgan fingerprint density at radius 2 is 1.72 bits per heavy atom. The molecule has 1 N–H and O–H groups in total. The van der Waals surface area contributed by atoms with Crippen molar-refractivity contribution in [1.82, 2.24) is 9.88 Å². The predicted molar refractivity (Wildman–Crippen MR) is 108 cm³/mol. The van der Waals surface area contributed by atoms with Crippen LogP contribution in [0.15, 0.2) is 58.7 Å². The maximum Gasteiger partial charge on any atom is 0.266 e. The lowest BCUT2D eigenvalue weighted by Gasteiger charge is -2.10. The molecule has 25 heavy (non-hydrogen) atoms. The Kier molecular flexibility index (Phi) is 4.15. The lowest BCUT2D eigenvalue weighted by molar-refractivity contribution is 0.413. The summed E-state index contributed by atoms with van der Waals surface area (Å²) >= 11 is 1.49. The molecule has 0 spiro atoms. The van der Waals surface area contributed by atoms with E-state index in [0.29, 0.717) is 0 Å². The van der Waals surface area contributed by atoms with Gasteiger partial charge < -0.3 is 9.88 Å². The van der Waals surface area contributed by atoms with Crippen LogP contribution >= 0.6 is 11.3 Å². The molecule has 0 unspecified atom stereocenters. The summed E-state index contributed by atoms with van der Waals surface area (Å²) in [5.41, 5.74) is 4.61. The van der Waals surface area contributed by atoms with Crippen LogP contribution in [0.4, 0.5) is 0 Å². The van der Waals surface area contributed by atoms with Crippen LogP contribution in [0.1, 0.15) is 5.56 Å². The number of nitrogens with zero attached hydrogens (tertiary/aromatic N) is 1. The van der Waals surface area contributed by atoms with E-state index in [2.05, 4.69) is 60.4 Å². The average Bonchev–Trinajstić information content (AvgIpc) is 3.11. The maximum atomic E-state index is 12.1. The van der Waals surface area contributed by atoms with Crippen molar-refractivity contribution in [3.8, 4) is 11.1 Å². The maximum absolute atomic E-state index is 12.1. The number of benzene rings is 2. The largest absolute Gasteiger partial charge is 0.321 e. The molecule has 126 valence electrons. The second-order valence-electron chi connectivity index (χ2n) is 6.63. The van der Waals surface area contributed by atoms with Crippen LogP contribution in [0.5, 0.6) is 0 Å². The fourth-order valence-corrected chi connectivity index (χ4v) is 3.95. The number of aromatic amines is 1. The van der Waals surface area contributed by atoms with Gasteiger partial charge in [0.15, 0.2) is 0 Å². The first-order valence-electron chi connectivity index (χ1n) is 8.39. The number of H-pyrrole nitrogens is 1. The number of aromatic nitrogens is 1. The molecule has 4 heteroatoms. The number of hydrogen-bond donors (Lipinski definition) is 1. The van der Waals surface area contributed by atoms with Crippen molar-refractivity contribution in [3.05, 3.63) is 69.8 Å². The zero-order valence-electron chi connectivity index (χ0n) is 14.4. The highest BCUT2D eigenvalue weighted by Crippen LogP contribution is 2.29.